The van der Waals surface area contributed by atoms with E-state index in [4.69, 9.17) is 4.42 Å². The van der Waals surface area contributed by atoms with Crippen molar-refractivity contribution in [2.45, 2.75) is 32.6 Å². The Hall–Kier alpha value is -2.31. The summed E-state index contributed by atoms with van der Waals surface area (Å²) in [7, 11) is 0. The average Bonchev–Trinajstić information content (AvgIpc) is 2.98. The number of aryl methyl sites for hydroxylation is 1. The van der Waals surface area contributed by atoms with Crippen molar-refractivity contribution in [1.29, 1.82) is 0 Å². The van der Waals surface area contributed by atoms with Gasteiger partial charge in [-0.3, -0.25) is 4.79 Å². The van der Waals surface area contributed by atoms with E-state index in [1.807, 2.05) is 11.8 Å². The number of aromatic nitrogens is 4. The lowest BCUT2D eigenvalue weighted by Gasteiger charge is -2.30. The van der Waals surface area contributed by atoms with E-state index in [1.54, 1.807) is 19.3 Å². The molecule has 7 heteroatoms. The Morgan fingerprint density at radius 1 is 1.33 bits per heavy atom. The molecule has 0 radical (unpaired) electrons. The van der Waals surface area contributed by atoms with Crippen LogP contribution < -0.4 is 0 Å². The fourth-order valence-electron chi connectivity index (χ4n) is 2.48. The fraction of sp³-hybridized carbons (Fsp3) is 0.500. The third kappa shape index (κ3) is 2.91. The first kappa shape index (κ1) is 13.7. The predicted octanol–water partition coefficient (Wildman–Crippen LogP) is 1.56. The fourth-order valence-corrected chi connectivity index (χ4v) is 2.48. The summed E-state index contributed by atoms with van der Waals surface area (Å²) in [6.07, 6.45) is 5.25. The molecule has 21 heavy (non-hydrogen) atoms. The quantitative estimate of drug-likeness (QED) is 0.833. The first-order valence-electron chi connectivity index (χ1n) is 7.01. The van der Waals surface area contributed by atoms with Gasteiger partial charge in [-0.25, -0.2) is 9.97 Å². The third-order valence-corrected chi connectivity index (χ3v) is 3.68. The van der Waals surface area contributed by atoms with Crippen LogP contribution >= 0.6 is 0 Å². The molecule has 3 rings (SSSR count). The predicted molar refractivity (Wildman–Crippen MR) is 74.3 cm³/mol. The molecule has 1 fully saturated rings. The number of carbonyl (C=O) groups is 1. The second-order valence-corrected chi connectivity index (χ2v) is 5.27. The van der Waals surface area contributed by atoms with Gasteiger partial charge in [-0.1, -0.05) is 0 Å². The summed E-state index contributed by atoms with van der Waals surface area (Å²) in [5.74, 6) is 1.89. The molecule has 2 aromatic heterocycles. The molecule has 0 aromatic carbocycles. The Kier molecular flexibility index (Phi) is 3.64. The van der Waals surface area contributed by atoms with Crippen LogP contribution in [0, 0.1) is 6.92 Å². The number of hydrogen-bond donors (Lipinski definition) is 0. The van der Waals surface area contributed by atoms with Gasteiger partial charge in [-0.05, 0) is 19.8 Å². The number of amides is 1. The normalized spacial score (nSPS) is 18.8. The Morgan fingerprint density at radius 3 is 2.81 bits per heavy atom. The number of likely N-dealkylation sites (tertiary alicyclic amines) is 1. The first-order chi connectivity index (χ1) is 10.1. The molecule has 1 aliphatic heterocycles. The molecule has 1 amide bonds. The minimum absolute atomic E-state index is 0.0892. The van der Waals surface area contributed by atoms with Crippen LogP contribution in [0.5, 0.6) is 0 Å². The molecule has 0 saturated carbocycles. The topological polar surface area (TPSA) is 85.0 Å². The van der Waals surface area contributed by atoms with Crippen molar-refractivity contribution < 1.29 is 9.21 Å². The SMILES string of the molecule is CC(=O)N1CCCC(c2nnc(-c3cnc(C)nc3)o2)C1. The van der Waals surface area contributed by atoms with Crippen LogP contribution in [0.25, 0.3) is 11.5 Å². The van der Waals surface area contributed by atoms with Gasteiger partial charge in [0.2, 0.25) is 11.8 Å². The van der Waals surface area contributed by atoms with E-state index in [9.17, 15) is 4.79 Å². The van der Waals surface area contributed by atoms with Crippen molar-refractivity contribution in [1.82, 2.24) is 25.1 Å². The minimum Gasteiger partial charge on any atom is -0.420 e. The molecule has 2 aromatic rings. The van der Waals surface area contributed by atoms with Crippen molar-refractivity contribution in [3.8, 4) is 11.5 Å². The van der Waals surface area contributed by atoms with Crippen LogP contribution in [-0.2, 0) is 4.79 Å². The number of rotatable bonds is 2. The van der Waals surface area contributed by atoms with E-state index in [1.165, 1.54) is 0 Å². The molecule has 1 aliphatic rings. The highest BCUT2D eigenvalue weighted by molar-refractivity contribution is 5.73. The second kappa shape index (κ2) is 5.59. The molecule has 1 unspecified atom stereocenters. The van der Waals surface area contributed by atoms with Crippen molar-refractivity contribution in [2.75, 3.05) is 13.1 Å². The molecule has 1 atom stereocenters. The van der Waals surface area contributed by atoms with Crippen LogP contribution in [-0.4, -0.2) is 44.1 Å². The van der Waals surface area contributed by atoms with Gasteiger partial charge < -0.3 is 9.32 Å². The summed E-state index contributed by atoms with van der Waals surface area (Å²) >= 11 is 0. The third-order valence-electron chi connectivity index (χ3n) is 3.68. The van der Waals surface area contributed by atoms with Crippen LogP contribution in [0.15, 0.2) is 16.8 Å². The van der Waals surface area contributed by atoms with Crippen molar-refractivity contribution in [3.63, 3.8) is 0 Å². The number of hydrogen-bond acceptors (Lipinski definition) is 6. The van der Waals surface area contributed by atoms with E-state index < -0.39 is 0 Å². The van der Waals surface area contributed by atoms with E-state index >= 15 is 0 Å². The van der Waals surface area contributed by atoms with Gasteiger partial charge in [-0.15, -0.1) is 10.2 Å². The molecule has 0 bridgehead atoms. The lowest BCUT2D eigenvalue weighted by molar-refractivity contribution is -0.130. The maximum Gasteiger partial charge on any atom is 0.250 e. The zero-order valence-corrected chi connectivity index (χ0v) is 12.1. The molecule has 0 spiro atoms. The Labute approximate surface area is 122 Å². The van der Waals surface area contributed by atoms with Crippen molar-refractivity contribution >= 4 is 5.91 Å². The number of carbonyl (C=O) groups excluding carboxylic acids is 1. The van der Waals surface area contributed by atoms with Gasteiger partial charge >= 0.3 is 0 Å². The Bertz CT molecular complexity index is 637. The minimum atomic E-state index is 0.0892. The van der Waals surface area contributed by atoms with E-state index in [0.717, 1.165) is 19.4 Å². The monoisotopic (exact) mass is 287 g/mol. The maximum atomic E-state index is 11.5. The van der Waals surface area contributed by atoms with Gasteiger partial charge in [0.05, 0.1) is 11.5 Å². The van der Waals surface area contributed by atoms with E-state index in [2.05, 4.69) is 20.2 Å². The largest absolute Gasteiger partial charge is 0.420 e. The van der Waals surface area contributed by atoms with Crippen LogP contribution in [0.4, 0.5) is 0 Å². The average molecular weight is 287 g/mol. The highest BCUT2D eigenvalue weighted by Gasteiger charge is 2.27. The van der Waals surface area contributed by atoms with E-state index in [-0.39, 0.29) is 11.8 Å². The molecular formula is C14H17N5O2. The summed E-state index contributed by atoms with van der Waals surface area (Å²) < 4.78 is 5.74. The zero-order valence-electron chi connectivity index (χ0n) is 12.1. The standard InChI is InChI=1S/C14H17N5O2/c1-9-15-6-12(7-16-9)14-18-17-13(21-14)11-4-3-5-19(8-11)10(2)20/h6-7,11H,3-5,8H2,1-2H3. The first-order valence-corrected chi connectivity index (χ1v) is 7.01. The van der Waals surface area contributed by atoms with Crippen LogP contribution in [0.2, 0.25) is 0 Å². The van der Waals surface area contributed by atoms with Gasteiger partial charge in [0.25, 0.3) is 5.89 Å². The molecule has 110 valence electrons. The molecule has 1 saturated heterocycles. The lowest BCUT2D eigenvalue weighted by atomic mass is 9.98. The molecule has 0 N–H and O–H groups in total. The van der Waals surface area contributed by atoms with Gasteiger partial charge in [-0.2, -0.15) is 0 Å². The highest BCUT2D eigenvalue weighted by atomic mass is 16.4. The highest BCUT2D eigenvalue weighted by Crippen LogP contribution is 2.28. The summed E-state index contributed by atoms with van der Waals surface area (Å²) in [5.41, 5.74) is 0.707. The van der Waals surface area contributed by atoms with Crippen molar-refractivity contribution in [2.24, 2.45) is 0 Å². The van der Waals surface area contributed by atoms with Crippen LogP contribution in [0.1, 0.15) is 37.4 Å². The summed E-state index contributed by atoms with van der Waals surface area (Å²) in [6.45, 7) is 4.85. The maximum absolute atomic E-state index is 11.5. The van der Waals surface area contributed by atoms with Gasteiger partial charge in [0, 0.05) is 32.4 Å². The zero-order chi connectivity index (χ0) is 14.8. The molecule has 7 nitrogen and oxygen atoms in total. The second-order valence-electron chi connectivity index (χ2n) is 5.27. The van der Waals surface area contributed by atoms with Gasteiger partial charge in [0.1, 0.15) is 5.82 Å². The molecular weight excluding hydrogens is 270 g/mol. The number of piperidine rings is 1. The van der Waals surface area contributed by atoms with E-state index in [0.29, 0.717) is 29.7 Å². The smallest absolute Gasteiger partial charge is 0.250 e. The molecule has 3 heterocycles. The lowest BCUT2D eigenvalue weighted by Crippen LogP contribution is -2.37. The summed E-state index contributed by atoms with van der Waals surface area (Å²) in [4.78, 5) is 21.5. The Balaban J connectivity index is 1.78. The van der Waals surface area contributed by atoms with Crippen LogP contribution in [0.3, 0.4) is 0 Å². The Morgan fingerprint density at radius 2 is 2.10 bits per heavy atom. The summed E-state index contributed by atoms with van der Waals surface area (Å²) in [5, 5.41) is 8.18. The summed E-state index contributed by atoms with van der Waals surface area (Å²) in [6, 6.07) is 0. The van der Waals surface area contributed by atoms with Crippen molar-refractivity contribution in [3.05, 3.63) is 24.1 Å². The molecule has 0 aliphatic carbocycles. The number of nitrogens with zero attached hydrogens (tertiary/aromatic N) is 5. The van der Waals surface area contributed by atoms with Gasteiger partial charge in [0.15, 0.2) is 0 Å².